The molecule has 0 saturated heterocycles. The maximum atomic E-state index is 10.6. The van der Waals surface area contributed by atoms with Crippen molar-refractivity contribution in [2.45, 2.75) is 142 Å². The summed E-state index contributed by atoms with van der Waals surface area (Å²) in [5.41, 5.74) is 11.0. The third kappa shape index (κ3) is 11.9. The fourth-order valence-electron chi connectivity index (χ4n) is 6.90. The van der Waals surface area contributed by atoms with Gasteiger partial charge in [-0.25, -0.2) is 0 Å². The van der Waals surface area contributed by atoms with Crippen LogP contribution in [0.25, 0.3) is 0 Å². The first-order valence-electron chi connectivity index (χ1n) is 19.6. The minimum atomic E-state index is -1.23. The summed E-state index contributed by atoms with van der Waals surface area (Å²) < 4.78 is 11.6. The van der Waals surface area contributed by atoms with Crippen LogP contribution in [0.1, 0.15) is 165 Å². The second-order valence-electron chi connectivity index (χ2n) is 18.9. The van der Waals surface area contributed by atoms with Crippen LogP contribution in [0.5, 0.6) is 0 Å². The van der Waals surface area contributed by atoms with Crippen molar-refractivity contribution in [1.29, 1.82) is 0 Å². The summed E-state index contributed by atoms with van der Waals surface area (Å²) >= 11 is 0. The molecule has 0 unspecified atom stereocenters. The molecule has 0 aromatic heterocycles. The summed E-state index contributed by atoms with van der Waals surface area (Å²) in [4.78, 5) is 0. The predicted octanol–water partition coefficient (Wildman–Crippen LogP) is 12.4. The molecular weight excluding hydrogens is 635 g/mol. The van der Waals surface area contributed by atoms with Crippen molar-refractivity contribution < 1.29 is 14.3 Å². The van der Waals surface area contributed by atoms with E-state index in [1.54, 1.807) is 0 Å². The molecule has 0 bridgehead atoms. The molecule has 3 nitrogen and oxygen atoms in total. The van der Waals surface area contributed by atoms with Gasteiger partial charge in [0, 0.05) is 25.0 Å². The summed E-state index contributed by atoms with van der Waals surface area (Å²) in [6, 6.07) is 36.4. The molecule has 0 amide bonds. The molecule has 4 aromatic rings. The van der Waals surface area contributed by atoms with Crippen molar-refractivity contribution in [2.75, 3.05) is 13.2 Å². The summed E-state index contributed by atoms with van der Waals surface area (Å²) in [5.74, 6) is 0.494. The normalized spacial score (nSPS) is 12.9. The van der Waals surface area contributed by atoms with E-state index in [9.17, 15) is 5.02 Å². The molecule has 0 fully saturated rings. The average Bonchev–Trinajstić information content (AvgIpc) is 3.07. The zero-order valence-corrected chi connectivity index (χ0v) is 34.5. The molecule has 0 heterocycles. The van der Waals surface area contributed by atoms with Crippen molar-refractivity contribution in [3.05, 3.63) is 142 Å². The van der Waals surface area contributed by atoms with E-state index in [0.29, 0.717) is 13.2 Å². The Morgan fingerprint density at radius 2 is 0.615 bits per heavy atom. The van der Waals surface area contributed by atoms with Gasteiger partial charge in [-0.2, -0.15) is 0 Å². The van der Waals surface area contributed by atoms with Crippen LogP contribution in [0, 0.1) is 0 Å². The SMILES string of the molecule is CC(C)(C)c1ccc(C(CCCOB(O)OCCCC(c2ccc(C(C)(C)C)cc2)c2ccc(C(C)(C)C)cc2)c2ccc(C(C)(C)C)cc2)cc1. The van der Waals surface area contributed by atoms with E-state index in [0.717, 1.165) is 25.7 Å². The van der Waals surface area contributed by atoms with E-state index in [1.807, 2.05) is 0 Å². The number of hydrogen-bond acceptors (Lipinski definition) is 3. The molecule has 0 aliphatic carbocycles. The van der Waals surface area contributed by atoms with Crippen LogP contribution in [-0.2, 0) is 31.0 Å². The highest BCUT2D eigenvalue weighted by Gasteiger charge is 2.23. The third-order valence-corrected chi connectivity index (χ3v) is 10.5. The Hall–Kier alpha value is -3.18. The van der Waals surface area contributed by atoms with Crippen molar-refractivity contribution in [1.82, 2.24) is 0 Å². The smallest absolute Gasteiger partial charge is 0.402 e. The Morgan fingerprint density at radius 1 is 0.404 bits per heavy atom. The van der Waals surface area contributed by atoms with Gasteiger partial charge in [-0.05, 0) is 91.9 Å². The van der Waals surface area contributed by atoms with Gasteiger partial charge in [-0.3, -0.25) is 0 Å². The summed E-state index contributed by atoms with van der Waals surface area (Å²) in [6.07, 6.45) is 3.45. The average molecular weight is 703 g/mol. The Balaban J connectivity index is 1.34. The van der Waals surface area contributed by atoms with Crippen molar-refractivity contribution in [3.63, 3.8) is 0 Å². The molecule has 4 heteroatoms. The maximum Gasteiger partial charge on any atom is 0.636 e. The Kier molecular flexibility index (Phi) is 13.8. The molecule has 0 radical (unpaired) electrons. The Labute approximate surface area is 317 Å². The Morgan fingerprint density at radius 3 is 0.808 bits per heavy atom. The van der Waals surface area contributed by atoms with E-state index in [-0.39, 0.29) is 33.5 Å². The van der Waals surface area contributed by atoms with Crippen LogP contribution in [-0.4, -0.2) is 25.6 Å². The minimum absolute atomic E-state index is 0.114. The highest BCUT2D eigenvalue weighted by atomic mass is 16.7. The van der Waals surface area contributed by atoms with Crippen LogP contribution in [0.15, 0.2) is 97.1 Å². The zero-order valence-electron chi connectivity index (χ0n) is 34.5. The molecule has 0 spiro atoms. The first-order valence-corrected chi connectivity index (χ1v) is 19.6. The van der Waals surface area contributed by atoms with Gasteiger partial charge >= 0.3 is 7.32 Å². The lowest BCUT2D eigenvalue weighted by atomic mass is 9.81. The first-order chi connectivity index (χ1) is 24.2. The monoisotopic (exact) mass is 703 g/mol. The van der Waals surface area contributed by atoms with Crippen molar-refractivity contribution >= 4 is 7.32 Å². The van der Waals surface area contributed by atoms with Crippen LogP contribution < -0.4 is 0 Å². The third-order valence-electron chi connectivity index (χ3n) is 10.5. The van der Waals surface area contributed by atoms with Crippen molar-refractivity contribution in [3.8, 4) is 0 Å². The van der Waals surface area contributed by atoms with Crippen LogP contribution >= 0.6 is 0 Å². The fourth-order valence-corrected chi connectivity index (χ4v) is 6.90. The lowest BCUT2D eigenvalue weighted by Crippen LogP contribution is -2.24. The van der Waals surface area contributed by atoms with E-state index >= 15 is 0 Å². The molecular formula is C48H67BO3. The maximum absolute atomic E-state index is 10.6. The minimum Gasteiger partial charge on any atom is -0.402 e. The van der Waals surface area contributed by atoms with E-state index in [4.69, 9.17) is 9.31 Å². The lowest BCUT2D eigenvalue weighted by Gasteiger charge is -2.24. The van der Waals surface area contributed by atoms with Gasteiger partial charge < -0.3 is 14.3 Å². The van der Waals surface area contributed by atoms with E-state index in [1.165, 1.54) is 44.5 Å². The van der Waals surface area contributed by atoms with Crippen LogP contribution in [0.4, 0.5) is 0 Å². The molecule has 0 aliphatic heterocycles. The second-order valence-corrected chi connectivity index (χ2v) is 18.9. The Bertz CT molecular complexity index is 1400. The van der Waals surface area contributed by atoms with Gasteiger partial charge in [0.2, 0.25) is 0 Å². The standard InChI is InChI=1S/C48H67BO3/c1-45(2,3)39-25-17-35(18-26-39)43(36-19-27-40(28-20-36)46(4,5)6)15-13-33-51-49(50)52-34-14-16-44(37-21-29-41(30-22-37)47(7,8)9)38-23-31-42(32-24-38)48(10,11)12/h17-32,43-44,50H,13-16,33-34H2,1-12H3. The molecule has 0 saturated carbocycles. The van der Waals surface area contributed by atoms with Crippen LogP contribution in [0.3, 0.4) is 0 Å². The first kappa shape index (κ1) is 41.6. The summed E-state index contributed by atoms with van der Waals surface area (Å²) in [7, 11) is -1.23. The molecule has 4 rings (SSSR count). The molecule has 280 valence electrons. The number of rotatable bonds is 14. The van der Waals surface area contributed by atoms with Gasteiger partial charge in [0.15, 0.2) is 0 Å². The number of benzene rings is 4. The highest BCUT2D eigenvalue weighted by Crippen LogP contribution is 2.35. The lowest BCUT2D eigenvalue weighted by molar-refractivity contribution is 0.128. The van der Waals surface area contributed by atoms with Gasteiger partial charge in [0.25, 0.3) is 0 Å². The molecule has 0 aliphatic rings. The second kappa shape index (κ2) is 17.3. The quantitative estimate of drug-likeness (QED) is 0.105. The summed E-state index contributed by atoms with van der Waals surface area (Å²) in [6.45, 7) is 27.9. The molecule has 0 atom stereocenters. The largest absolute Gasteiger partial charge is 0.636 e. The fraction of sp³-hybridized carbons (Fsp3) is 0.500. The molecule has 52 heavy (non-hydrogen) atoms. The van der Waals surface area contributed by atoms with E-state index < -0.39 is 7.32 Å². The van der Waals surface area contributed by atoms with Crippen LogP contribution in [0.2, 0.25) is 0 Å². The van der Waals surface area contributed by atoms with Gasteiger partial charge in [-0.1, -0.05) is 180 Å². The summed E-state index contributed by atoms with van der Waals surface area (Å²) in [5, 5.41) is 10.6. The molecule has 4 aromatic carbocycles. The van der Waals surface area contributed by atoms with E-state index in [2.05, 4.69) is 180 Å². The van der Waals surface area contributed by atoms with Gasteiger partial charge in [-0.15, -0.1) is 0 Å². The van der Waals surface area contributed by atoms with Gasteiger partial charge in [0.1, 0.15) is 0 Å². The topological polar surface area (TPSA) is 38.7 Å². The predicted molar refractivity (Wildman–Crippen MR) is 223 cm³/mol. The molecule has 1 N–H and O–H groups in total. The van der Waals surface area contributed by atoms with Crippen molar-refractivity contribution in [2.24, 2.45) is 0 Å². The highest BCUT2D eigenvalue weighted by molar-refractivity contribution is 6.34. The zero-order chi connectivity index (χ0) is 38.3. The number of hydrogen-bond donors (Lipinski definition) is 1. The van der Waals surface area contributed by atoms with Gasteiger partial charge in [0.05, 0.1) is 0 Å².